The number of phenols is 1. The largest absolute Gasteiger partial charge is 0.504 e. The van der Waals surface area contributed by atoms with E-state index in [4.69, 9.17) is 9.72 Å². The maximum Gasteiger partial charge on any atom is 0.263 e. The third-order valence-electron chi connectivity index (χ3n) is 6.05. The minimum atomic E-state index is -0.741. The number of tetrazole rings is 1. The predicted octanol–water partition coefficient (Wildman–Crippen LogP) is 3.58. The van der Waals surface area contributed by atoms with E-state index in [1.54, 1.807) is 14.2 Å². The Bertz CT molecular complexity index is 1650. The molecule has 3 heterocycles. The van der Waals surface area contributed by atoms with Gasteiger partial charge in [0.05, 0.1) is 30.8 Å². The van der Waals surface area contributed by atoms with Crippen molar-refractivity contribution in [3.05, 3.63) is 57.9 Å². The molecular weight excluding hydrogens is 459 g/mol. The highest BCUT2D eigenvalue weighted by molar-refractivity contribution is 7.25. The fourth-order valence-electron chi connectivity index (χ4n) is 4.27. The van der Waals surface area contributed by atoms with Gasteiger partial charge >= 0.3 is 0 Å². The van der Waals surface area contributed by atoms with E-state index >= 15 is 0 Å². The summed E-state index contributed by atoms with van der Waals surface area (Å²) in [5, 5.41) is 23.2. The summed E-state index contributed by atoms with van der Waals surface area (Å²) in [5.41, 5.74) is 1.56. The molecule has 172 valence electrons. The van der Waals surface area contributed by atoms with Gasteiger partial charge in [0.1, 0.15) is 16.4 Å². The molecule has 1 aliphatic rings. The molecule has 0 atom stereocenters. The Kier molecular flexibility index (Phi) is 4.63. The third kappa shape index (κ3) is 3.23. The van der Waals surface area contributed by atoms with Gasteiger partial charge in [0, 0.05) is 10.9 Å². The lowest BCUT2D eigenvalue weighted by molar-refractivity contribution is 0.414. The van der Waals surface area contributed by atoms with Gasteiger partial charge in [-0.05, 0) is 59.9 Å². The first-order valence-corrected chi connectivity index (χ1v) is 11.5. The van der Waals surface area contributed by atoms with Crippen molar-refractivity contribution in [1.29, 1.82) is 0 Å². The van der Waals surface area contributed by atoms with Crippen molar-refractivity contribution in [2.45, 2.75) is 25.3 Å². The molecule has 11 heteroatoms. The summed E-state index contributed by atoms with van der Waals surface area (Å²) in [7, 11) is 3.27. The summed E-state index contributed by atoms with van der Waals surface area (Å²) in [4.78, 5) is 20.5. The zero-order valence-electron chi connectivity index (χ0n) is 18.3. The van der Waals surface area contributed by atoms with Crippen LogP contribution >= 0.6 is 11.3 Å². The molecule has 2 aromatic carbocycles. The van der Waals surface area contributed by atoms with Gasteiger partial charge in [-0.15, -0.1) is 21.5 Å². The van der Waals surface area contributed by atoms with E-state index in [1.165, 1.54) is 15.4 Å². The van der Waals surface area contributed by atoms with Crippen molar-refractivity contribution in [1.82, 2.24) is 29.8 Å². The number of methoxy groups -OCH3 is 1. The van der Waals surface area contributed by atoms with Gasteiger partial charge < -0.3 is 9.84 Å². The highest BCUT2D eigenvalue weighted by Gasteiger charge is 2.29. The highest BCUT2D eigenvalue weighted by Crippen LogP contribution is 2.46. The normalized spacial score (nSPS) is 13.7. The van der Waals surface area contributed by atoms with E-state index in [2.05, 4.69) is 15.4 Å². The average molecular weight is 479 g/mol. The van der Waals surface area contributed by atoms with E-state index in [-0.39, 0.29) is 16.8 Å². The van der Waals surface area contributed by atoms with Crippen LogP contribution in [0.1, 0.15) is 30.1 Å². The molecule has 5 aromatic rings. The van der Waals surface area contributed by atoms with E-state index in [0.717, 1.165) is 47.1 Å². The summed E-state index contributed by atoms with van der Waals surface area (Å²) in [6, 6.07) is 8.39. The lowest BCUT2D eigenvalue weighted by Gasteiger charge is -2.15. The number of fused-ring (bicyclic) bond motifs is 3. The van der Waals surface area contributed by atoms with Crippen LogP contribution in [0.2, 0.25) is 0 Å². The first-order chi connectivity index (χ1) is 16.4. The fraction of sp³-hybridized carbons (Fsp3) is 0.261. The van der Waals surface area contributed by atoms with Gasteiger partial charge in [-0.1, -0.05) is 0 Å². The third-order valence-corrected chi connectivity index (χ3v) is 7.16. The van der Waals surface area contributed by atoms with Crippen molar-refractivity contribution < 1.29 is 14.2 Å². The van der Waals surface area contributed by atoms with Gasteiger partial charge in [0.15, 0.2) is 17.4 Å². The lowest BCUT2D eigenvalue weighted by Crippen LogP contribution is -2.24. The Morgan fingerprint density at radius 3 is 2.79 bits per heavy atom. The molecule has 1 N–H and O–H groups in total. The highest BCUT2D eigenvalue weighted by atomic mass is 32.1. The Morgan fingerprint density at radius 1 is 1.26 bits per heavy atom. The number of phenolic OH excluding ortho intramolecular Hbond substituents is 1. The minimum Gasteiger partial charge on any atom is -0.504 e. The molecule has 0 radical (unpaired) electrons. The fourth-order valence-corrected chi connectivity index (χ4v) is 5.37. The standard InChI is InChI=1S/C23H19FN6O3S/c1-29-27-17(26-28-29)10-30-21(13-6-5-12(33-2)9-15(13)11-3-4-11)25-22-18(23(30)32)14-7-8-16(24)19(31)20(14)34-22/h5-9,11,31H,3-4,10H2,1-2H3. The molecule has 1 saturated carbocycles. The molecule has 1 aliphatic carbocycles. The van der Waals surface area contributed by atoms with Crippen molar-refractivity contribution in [3.63, 3.8) is 0 Å². The van der Waals surface area contributed by atoms with Crippen LogP contribution in [0.25, 0.3) is 31.7 Å². The number of halogens is 1. The van der Waals surface area contributed by atoms with Crippen molar-refractivity contribution in [2.75, 3.05) is 7.11 Å². The van der Waals surface area contributed by atoms with Gasteiger partial charge in [-0.25, -0.2) is 9.37 Å². The van der Waals surface area contributed by atoms with E-state index < -0.39 is 11.6 Å². The topological polar surface area (TPSA) is 108 Å². The van der Waals surface area contributed by atoms with Crippen LogP contribution in [0.15, 0.2) is 35.1 Å². The van der Waals surface area contributed by atoms with E-state index in [1.807, 2.05) is 18.2 Å². The number of rotatable bonds is 5. The number of ether oxygens (including phenoxy) is 1. The number of hydrogen-bond donors (Lipinski definition) is 1. The molecule has 0 saturated heterocycles. The van der Waals surface area contributed by atoms with E-state index in [9.17, 15) is 14.3 Å². The molecule has 3 aromatic heterocycles. The van der Waals surface area contributed by atoms with Crippen LogP contribution in [0, 0.1) is 5.82 Å². The summed E-state index contributed by atoms with van der Waals surface area (Å²) >= 11 is 1.10. The summed E-state index contributed by atoms with van der Waals surface area (Å²) in [5.74, 6) is 0.698. The van der Waals surface area contributed by atoms with Crippen molar-refractivity contribution >= 4 is 31.6 Å². The Hall–Kier alpha value is -3.86. The Balaban J connectivity index is 1.67. The van der Waals surface area contributed by atoms with Crippen molar-refractivity contribution in [2.24, 2.45) is 7.05 Å². The Morgan fingerprint density at radius 2 is 2.09 bits per heavy atom. The second kappa shape index (κ2) is 7.59. The van der Waals surface area contributed by atoms with Crippen LogP contribution in [0.3, 0.4) is 0 Å². The number of hydrogen-bond acceptors (Lipinski definition) is 8. The maximum atomic E-state index is 14.0. The van der Waals surface area contributed by atoms with Crippen LogP contribution < -0.4 is 10.3 Å². The van der Waals surface area contributed by atoms with Crippen LogP contribution in [-0.2, 0) is 13.6 Å². The lowest BCUT2D eigenvalue weighted by atomic mass is 10.0. The number of nitrogens with zero attached hydrogens (tertiary/aromatic N) is 6. The molecule has 0 aliphatic heterocycles. The van der Waals surface area contributed by atoms with Crippen LogP contribution in [-0.4, -0.2) is 42.0 Å². The van der Waals surface area contributed by atoms with Gasteiger partial charge in [0.2, 0.25) is 0 Å². The van der Waals surface area contributed by atoms with E-state index in [0.29, 0.717) is 33.2 Å². The zero-order valence-corrected chi connectivity index (χ0v) is 19.1. The molecule has 0 unspecified atom stereocenters. The minimum absolute atomic E-state index is 0.0611. The first-order valence-electron chi connectivity index (χ1n) is 10.7. The number of benzene rings is 2. The van der Waals surface area contributed by atoms with Crippen LogP contribution in [0.4, 0.5) is 4.39 Å². The molecule has 0 bridgehead atoms. The van der Waals surface area contributed by atoms with Crippen molar-refractivity contribution in [3.8, 4) is 22.9 Å². The number of aryl methyl sites for hydroxylation is 1. The predicted molar refractivity (Wildman–Crippen MR) is 125 cm³/mol. The smallest absolute Gasteiger partial charge is 0.263 e. The van der Waals surface area contributed by atoms with Gasteiger partial charge in [-0.2, -0.15) is 4.80 Å². The van der Waals surface area contributed by atoms with Gasteiger partial charge in [-0.3, -0.25) is 9.36 Å². The Labute approximate surface area is 196 Å². The molecule has 1 fully saturated rings. The average Bonchev–Trinajstić information content (AvgIpc) is 3.50. The zero-order chi connectivity index (χ0) is 23.6. The SMILES string of the molecule is COc1ccc(-c2nc3sc4c(O)c(F)ccc4c3c(=O)n2Cc2nnn(C)n2)c(C2CC2)c1. The molecule has 6 rings (SSSR count). The molecule has 9 nitrogen and oxygen atoms in total. The number of aromatic hydroxyl groups is 1. The maximum absolute atomic E-state index is 14.0. The summed E-state index contributed by atoms with van der Waals surface area (Å²) in [6.07, 6.45) is 2.10. The molecule has 0 spiro atoms. The molecule has 0 amide bonds. The summed E-state index contributed by atoms with van der Waals surface area (Å²) < 4.78 is 21.3. The second-order valence-corrected chi connectivity index (χ2v) is 9.30. The second-order valence-electron chi connectivity index (χ2n) is 8.30. The quantitative estimate of drug-likeness (QED) is 0.411. The molecular formula is C23H19FN6O3S. The van der Waals surface area contributed by atoms with Gasteiger partial charge in [0.25, 0.3) is 5.56 Å². The number of thiophene rings is 1. The molecule has 34 heavy (non-hydrogen) atoms. The van der Waals surface area contributed by atoms with Crippen LogP contribution in [0.5, 0.6) is 11.5 Å². The summed E-state index contributed by atoms with van der Waals surface area (Å²) in [6.45, 7) is 0.0611. The first kappa shape index (κ1) is 20.7. The number of aromatic nitrogens is 6. The monoisotopic (exact) mass is 478 g/mol.